The lowest BCUT2D eigenvalue weighted by Gasteiger charge is -2.34. The van der Waals surface area contributed by atoms with Crippen molar-refractivity contribution in [3.8, 4) is 0 Å². The van der Waals surface area contributed by atoms with Crippen LogP contribution in [0.5, 0.6) is 0 Å². The molecular weight excluding hydrogens is 394 g/mol. The number of piperidine rings is 2. The number of rotatable bonds is 7. The zero-order valence-electron chi connectivity index (χ0n) is 16.8. The minimum atomic E-state index is 0. The Morgan fingerprint density at radius 1 is 1.25 bits per heavy atom. The lowest BCUT2D eigenvalue weighted by molar-refractivity contribution is -0.136. The summed E-state index contributed by atoms with van der Waals surface area (Å²) in [5.41, 5.74) is 0. The van der Waals surface area contributed by atoms with Crippen LogP contribution >= 0.6 is 23.7 Å². The molecule has 0 radical (unpaired) electrons. The number of amides is 2. The van der Waals surface area contributed by atoms with Gasteiger partial charge in [0, 0.05) is 36.9 Å². The largest absolute Gasteiger partial charge is 0.355 e. The van der Waals surface area contributed by atoms with Gasteiger partial charge in [-0.05, 0) is 68.5 Å². The van der Waals surface area contributed by atoms with Crippen molar-refractivity contribution in [2.45, 2.75) is 45.4 Å². The molecule has 158 valence electrons. The Bertz CT molecular complexity index is 597. The minimum Gasteiger partial charge on any atom is -0.355 e. The maximum atomic E-state index is 12.6. The van der Waals surface area contributed by atoms with Crippen LogP contribution in [0.25, 0.3) is 0 Å². The summed E-state index contributed by atoms with van der Waals surface area (Å²) in [6, 6.07) is 4.15. The van der Waals surface area contributed by atoms with Crippen molar-refractivity contribution in [3.05, 3.63) is 22.4 Å². The predicted molar refractivity (Wildman–Crippen MR) is 117 cm³/mol. The van der Waals surface area contributed by atoms with Crippen molar-refractivity contribution in [3.63, 3.8) is 0 Å². The van der Waals surface area contributed by atoms with Crippen LogP contribution in [0, 0.1) is 17.8 Å². The lowest BCUT2D eigenvalue weighted by Crippen LogP contribution is -2.44. The topological polar surface area (TPSA) is 61.4 Å². The summed E-state index contributed by atoms with van der Waals surface area (Å²) in [5.74, 6) is 1.61. The number of halogens is 1. The molecule has 3 rings (SSSR count). The molecule has 1 atom stereocenters. The molecular formula is C21H34ClN3O2S. The van der Waals surface area contributed by atoms with Crippen molar-refractivity contribution >= 4 is 35.6 Å². The Labute approximate surface area is 179 Å². The van der Waals surface area contributed by atoms with Gasteiger partial charge in [-0.25, -0.2) is 0 Å². The molecule has 3 heterocycles. The fourth-order valence-electron chi connectivity index (χ4n) is 4.28. The van der Waals surface area contributed by atoms with Crippen LogP contribution in [0.2, 0.25) is 0 Å². The smallest absolute Gasteiger partial charge is 0.223 e. The zero-order chi connectivity index (χ0) is 19.1. The summed E-state index contributed by atoms with van der Waals surface area (Å²) in [4.78, 5) is 28.3. The van der Waals surface area contributed by atoms with Gasteiger partial charge >= 0.3 is 0 Å². The first-order chi connectivity index (χ1) is 13.1. The third-order valence-electron chi connectivity index (χ3n) is 6.15. The van der Waals surface area contributed by atoms with E-state index in [1.165, 1.54) is 17.7 Å². The van der Waals surface area contributed by atoms with Crippen molar-refractivity contribution in [2.75, 3.05) is 32.7 Å². The average molecular weight is 428 g/mol. The monoisotopic (exact) mass is 427 g/mol. The van der Waals surface area contributed by atoms with E-state index in [4.69, 9.17) is 0 Å². The third kappa shape index (κ3) is 6.75. The van der Waals surface area contributed by atoms with Gasteiger partial charge in [0.25, 0.3) is 0 Å². The van der Waals surface area contributed by atoms with Gasteiger partial charge in [0.05, 0.1) is 0 Å². The van der Waals surface area contributed by atoms with E-state index in [2.05, 4.69) is 29.0 Å². The van der Waals surface area contributed by atoms with Crippen LogP contribution in [0.4, 0.5) is 0 Å². The second-order valence-corrected chi connectivity index (χ2v) is 9.08. The summed E-state index contributed by atoms with van der Waals surface area (Å²) >= 11 is 1.73. The van der Waals surface area contributed by atoms with E-state index in [1.807, 2.05) is 11.0 Å². The molecule has 2 aliphatic rings. The summed E-state index contributed by atoms with van der Waals surface area (Å²) < 4.78 is 0. The van der Waals surface area contributed by atoms with Crippen molar-refractivity contribution in [1.29, 1.82) is 0 Å². The molecule has 0 spiro atoms. The van der Waals surface area contributed by atoms with Crippen molar-refractivity contribution in [1.82, 2.24) is 15.5 Å². The Hall–Kier alpha value is -1.11. The predicted octanol–water partition coefficient (Wildman–Crippen LogP) is 3.09. The van der Waals surface area contributed by atoms with Gasteiger partial charge in [-0.15, -0.1) is 23.7 Å². The Kier molecular flexibility index (Phi) is 9.75. The van der Waals surface area contributed by atoms with E-state index >= 15 is 0 Å². The summed E-state index contributed by atoms with van der Waals surface area (Å²) in [7, 11) is 0. The lowest BCUT2D eigenvalue weighted by atomic mass is 9.83. The molecule has 0 saturated carbocycles. The number of hydrogen-bond donors (Lipinski definition) is 2. The van der Waals surface area contributed by atoms with E-state index in [0.717, 1.165) is 45.4 Å². The van der Waals surface area contributed by atoms with E-state index in [0.29, 0.717) is 24.8 Å². The molecule has 0 aromatic carbocycles. The molecule has 2 N–H and O–H groups in total. The van der Waals surface area contributed by atoms with Crippen LogP contribution in [0.15, 0.2) is 17.5 Å². The van der Waals surface area contributed by atoms with Gasteiger partial charge in [-0.1, -0.05) is 13.0 Å². The van der Waals surface area contributed by atoms with Crippen LogP contribution in [0.3, 0.4) is 0 Å². The Morgan fingerprint density at radius 2 is 1.96 bits per heavy atom. The quantitative estimate of drug-likeness (QED) is 0.702. The maximum absolute atomic E-state index is 12.6. The SMILES string of the molecule is CC(CC(=O)N1CCC(C(=O)NCCc2cccs2)CC1)C1CCNCC1.Cl. The van der Waals surface area contributed by atoms with E-state index < -0.39 is 0 Å². The zero-order valence-corrected chi connectivity index (χ0v) is 18.5. The highest BCUT2D eigenvalue weighted by atomic mass is 35.5. The van der Waals surface area contributed by atoms with E-state index in [9.17, 15) is 9.59 Å². The first-order valence-electron chi connectivity index (χ1n) is 10.4. The highest BCUT2D eigenvalue weighted by Gasteiger charge is 2.29. The standard InChI is InChI=1S/C21H33N3O2S.ClH/c1-16(17-4-9-22-10-5-17)15-20(25)24-12-7-18(8-13-24)21(26)23-11-6-19-3-2-14-27-19;/h2-3,14,16-18,22H,4-13,15H2,1H3,(H,23,26);1H. The van der Waals surface area contributed by atoms with Crippen molar-refractivity contribution < 1.29 is 9.59 Å². The van der Waals surface area contributed by atoms with E-state index in [-0.39, 0.29) is 30.1 Å². The molecule has 5 nitrogen and oxygen atoms in total. The summed E-state index contributed by atoms with van der Waals surface area (Å²) in [5, 5.41) is 8.53. The second-order valence-electron chi connectivity index (χ2n) is 8.04. The number of nitrogens with zero attached hydrogens (tertiary/aromatic N) is 1. The fourth-order valence-corrected chi connectivity index (χ4v) is 4.99. The van der Waals surface area contributed by atoms with Gasteiger partial charge in [-0.2, -0.15) is 0 Å². The number of likely N-dealkylation sites (tertiary alicyclic amines) is 1. The molecule has 2 fully saturated rings. The number of nitrogens with one attached hydrogen (secondary N) is 2. The molecule has 2 amide bonds. The number of thiophene rings is 1. The van der Waals surface area contributed by atoms with Crippen LogP contribution in [0.1, 0.15) is 43.9 Å². The average Bonchev–Trinajstić information content (AvgIpc) is 3.22. The van der Waals surface area contributed by atoms with Crippen molar-refractivity contribution in [2.24, 2.45) is 17.8 Å². The molecule has 0 bridgehead atoms. The molecule has 1 aromatic heterocycles. The fraction of sp³-hybridized carbons (Fsp3) is 0.714. The molecule has 28 heavy (non-hydrogen) atoms. The van der Waals surface area contributed by atoms with Crippen LogP contribution < -0.4 is 10.6 Å². The summed E-state index contributed by atoms with van der Waals surface area (Å²) in [6.45, 7) is 6.53. The van der Waals surface area contributed by atoms with Gasteiger partial charge in [0.15, 0.2) is 0 Å². The molecule has 7 heteroatoms. The minimum absolute atomic E-state index is 0. The van der Waals surface area contributed by atoms with Gasteiger partial charge in [0.1, 0.15) is 0 Å². The summed E-state index contributed by atoms with van der Waals surface area (Å²) in [6.07, 6.45) is 5.50. The molecule has 1 aromatic rings. The molecule has 0 aliphatic carbocycles. The van der Waals surface area contributed by atoms with Gasteiger partial charge in [-0.3, -0.25) is 9.59 Å². The van der Waals surface area contributed by atoms with Crippen LogP contribution in [-0.2, 0) is 16.0 Å². The van der Waals surface area contributed by atoms with Gasteiger partial charge in [0.2, 0.25) is 11.8 Å². The number of carbonyl (C=O) groups is 2. The van der Waals surface area contributed by atoms with E-state index in [1.54, 1.807) is 11.3 Å². The molecule has 2 saturated heterocycles. The first kappa shape index (κ1) is 23.2. The highest BCUT2D eigenvalue weighted by molar-refractivity contribution is 7.09. The van der Waals surface area contributed by atoms with Crippen LogP contribution in [-0.4, -0.2) is 49.4 Å². The van der Waals surface area contributed by atoms with Gasteiger partial charge < -0.3 is 15.5 Å². The number of carbonyl (C=O) groups excluding carboxylic acids is 2. The molecule has 1 unspecified atom stereocenters. The normalized spacial score (nSPS) is 19.7. The third-order valence-corrected chi connectivity index (χ3v) is 7.09. The maximum Gasteiger partial charge on any atom is 0.223 e. The number of hydrogen-bond acceptors (Lipinski definition) is 4. The molecule has 2 aliphatic heterocycles. The Balaban J connectivity index is 0.00000280. The Morgan fingerprint density at radius 3 is 2.61 bits per heavy atom. The first-order valence-corrected chi connectivity index (χ1v) is 11.3. The second kappa shape index (κ2) is 11.8. The highest BCUT2D eigenvalue weighted by Crippen LogP contribution is 2.26.